The zero-order chi connectivity index (χ0) is 16.9. The van der Waals surface area contributed by atoms with E-state index in [1.165, 1.54) is 12.1 Å². The van der Waals surface area contributed by atoms with Crippen LogP contribution in [-0.2, 0) is 10.9 Å². The van der Waals surface area contributed by atoms with Gasteiger partial charge in [-0.3, -0.25) is 4.90 Å². The number of ether oxygens (including phenoxy) is 2. The van der Waals surface area contributed by atoms with Crippen LogP contribution in [0.25, 0.3) is 0 Å². The topological polar surface area (TPSA) is 21.7 Å². The molecule has 6 heteroatoms. The van der Waals surface area contributed by atoms with Crippen molar-refractivity contribution in [3.63, 3.8) is 0 Å². The Kier molecular flexibility index (Phi) is 5.91. The van der Waals surface area contributed by atoms with E-state index in [1.807, 2.05) is 0 Å². The maximum Gasteiger partial charge on any atom is 0.419 e. The van der Waals surface area contributed by atoms with Gasteiger partial charge in [0.15, 0.2) is 0 Å². The number of nitrogens with zero attached hydrogens (tertiary/aromatic N) is 1. The van der Waals surface area contributed by atoms with Gasteiger partial charge in [-0.1, -0.05) is 12.1 Å². The predicted octanol–water partition coefficient (Wildman–Crippen LogP) is 3.20. The molecule has 2 aliphatic heterocycles. The third kappa shape index (κ3) is 4.40. The molecular weight excluding hydrogens is 307 g/mol. The first-order valence-corrected chi connectivity index (χ1v) is 7.52. The summed E-state index contributed by atoms with van der Waals surface area (Å²) in [4.78, 5) is 2.33. The van der Waals surface area contributed by atoms with Gasteiger partial charge in [0.2, 0.25) is 0 Å². The molecule has 2 saturated heterocycles. The second kappa shape index (κ2) is 7.71. The average Bonchev–Trinajstić information content (AvgIpc) is 2.49. The highest BCUT2D eigenvalue weighted by Gasteiger charge is 2.35. The number of piperidine rings is 1. The van der Waals surface area contributed by atoms with Crippen molar-refractivity contribution >= 4 is 0 Å². The second-order valence-corrected chi connectivity index (χ2v) is 5.54. The van der Waals surface area contributed by atoms with Crippen molar-refractivity contribution in [2.24, 2.45) is 0 Å². The number of benzene rings is 1. The van der Waals surface area contributed by atoms with Crippen LogP contribution in [0.2, 0.25) is 0 Å². The van der Waals surface area contributed by atoms with Crippen LogP contribution < -0.4 is 4.74 Å². The van der Waals surface area contributed by atoms with Crippen molar-refractivity contribution in [2.45, 2.75) is 31.2 Å². The van der Waals surface area contributed by atoms with E-state index in [2.05, 4.69) is 17.7 Å². The van der Waals surface area contributed by atoms with Gasteiger partial charge in [0.05, 0.1) is 24.8 Å². The van der Waals surface area contributed by atoms with Crippen LogP contribution in [0.1, 0.15) is 18.4 Å². The van der Waals surface area contributed by atoms with E-state index < -0.39 is 11.7 Å². The van der Waals surface area contributed by atoms with Crippen LogP contribution in [0.3, 0.4) is 0 Å². The number of terminal acetylenes is 1. The summed E-state index contributed by atoms with van der Waals surface area (Å²) in [6.45, 7) is 3.24. The molecule has 2 heterocycles. The number of halogens is 3. The SMILES string of the molecule is C#C.FC(F)(F)c1ccccc1OC1CCN(C2COC2)CC1. The quantitative estimate of drug-likeness (QED) is 0.796. The molecule has 0 unspecified atom stereocenters. The molecule has 0 spiro atoms. The number of hydrogen-bond acceptors (Lipinski definition) is 3. The Morgan fingerprint density at radius 1 is 1.09 bits per heavy atom. The van der Waals surface area contributed by atoms with Crippen molar-refractivity contribution in [3.8, 4) is 18.6 Å². The minimum atomic E-state index is -4.37. The summed E-state index contributed by atoms with van der Waals surface area (Å²) >= 11 is 0. The van der Waals surface area contributed by atoms with Gasteiger partial charge in [0.1, 0.15) is 11.9 Å². The molecule has 0 saturated carbocycles. The van der Waals surface area contributed by atoms with E-state index in [0.29, 0.717) is 6.04 Å². The van der Waals surface area contributed by atoms with E-state index in [4.69, 9.17) is 9.47 Å². The van der Waals surface area contributed by atoms with E-state index >= 15 is 0 Å². The van der Waals surface area contributed by atoms with Gasteiger partial charge in [-0.15, -0.1) is 12.8 Å². The molecule has 0 aromatic heterocycles. The van der Waals surface area contributed by atoms with Crippen molar-refractivity contribution in [3.05, 3.63) is 29.8 Å². The van der Waals surface area contributed by atoms with Gasteiger partial charge in [0, 0.05) is 13.1 Å². The molecule has 0 N–H and O–H groups in total. The Labute approximate surface area is 134 Å². The van der Waals surface area contributed by atoms with Gasteiger partial charge in [-0.05, 0) is 25.0 Å². The molecule has 2 fully saturated rings. The van der Waals surface area contributed by atoms with Crippen LogP contribution in [0.4, 0.5) is 13.2 Å². The molecule has 0 radical (unpaired) electrons. The molecule has 1 aromatic carbocycles. The Morgan fingerprint density at radius 2 is 1.70 bits per heavy atom. The van der Waals surface area contributed by atoms with Crippen LogP contribution in [0.5, 0.6) is 5.75 Å². The highest BCUT2D eigenvalue weighted by atomic mass is 19.4. The van der Waals surface area contributed by atoms with Crippen molar-refractivity contribution in [1.29, 1.82) is 0 Å². The molecule has 2 aliphatic rings. The Morgan fingerprint density at radius 3 is 2.22 bits per heavy atom. The summed E-state index contributed by atoms with van der Waals surface area (Å²) in [6, 6.07) is 5.90. The van der Waals surface area contributed by atoms with Crippen molar-refractivity contribution in [1.82, 2.24) is 4.90 Å². The summed E-state index contributed by atoms with van der Waals surface area (Å²) in [7, 11) is 0. The lowest BCUT2D eigenvalue weighted by Gasteiger charge is -2.41. The number of hydrogen-bond donors (Lipinski definition) is 0. The first-order chi connectivity index (χ1) is 11.0. The molecule has 0 aliphatic carbocycles. The largest absolute Gasteiger partial charge is 0.490 e. The Bertz CT molecular complexity index is 518. The molecule has 1 aromatic rings. The van der Waals surface area contributed by atoms with Crippen LogP contribution in [-0.4, -0.2) is 43.3 Å². The molecule has 3 nitrogen and oxygen atoms in total. The van der Waals surface area contributed by atoms with Crippen molar-refractivity contribution in [2.75, 3.05) is 26.3 Å². The molecule has 0 amide bonds. The van der Waals surface area contributed by atoms with Crippen molar-refractivity contribution < 1.29 is 22.6 Å². The van der Waals surface area contributed by atoms with Crippen LogP contribution in [0.15, 0.2) is 24.3 Å². The normalized spacial score (nSPS) is 20.2. The maximum absolute atomic E-state index is 12.9. The van der Waals surface area contributed by atoms with Crippen LogP contribution >= 0.6 is 0 Å². The first-order valence-electron chi connectivity index (χ1n) is 7.52. The standard InChI is InChI=1S/C15H18F3NO2.C2H2/c16-15(17,18)13-3-1-2-4-14(13)21-12-5-7-19(8-6-12)11-9-20-10-11;1-2/h1-4,11-12H,5-10H2;1-2H. The maximum atomic E-state index is 12.9. The highest BCUT2D eigenvalue weighted by molar-refractivity contribution is 5.35. The zero-order valence-corrected chi connectivity index (χ0v) is 12.8. The molecule has 0 atom stereocenters. The first kappa shape index (κ1) is 17.6. The third-order valence-corrected chi connectivity index (χ3v) is 4.10. The van der Waals surface area contributed by atoms with Crippen LogP contribution in [0, 0.1) is 12.8 Å². The smallest absolute Gasteiger partial charge is 0.419 e. The second-order valence-electron chi connectivity index (χ2n) is 5.54. The number of likely N-dealkylation sites (tertiary alicyclic amines) is 1. The minimum absolute atomic E-state index is 0.0598. The Balaban J connectivity index is 0.000000924. The summed E-state index contributed by atoms with van der Waals surface area (Å²) < 4.78 is 49.5. The van der Waals surface area contributed by atoms with E-state index in [0.717, 1.165) is 45.2 Å². The van der Waals surface area contributed by atoms with Gasteiger partial charge in [0.25, 0.3) is 0 Å². The number of alkyl halides is 3. The van der Waals surface area contributed by atoms with E-state index in [9.17, 15) is 13.2 Å². The molecular formula is C17H20F3NO2. The minimum Gasteiger partial charge on any atom is -0.490 e. The third-order valence-electron chi connectivity index (χ3n) is 4.10. The fraction of sp³-hybridized carbons (Fsp3) is 0.529. The summed E-state index contributed by atoms with van der Waals surface area (Å²) in [5, 5.41) is 0. The fourth-order valence-corrected chi connectivity index (χ4v) is 2.78. The molecule has 3 rings (SSSR count). The lowest BCUT2D eigenvalue weighted by Crippen LogP contribution is -2.52. The van der Waals surface area contributed by atoms with Gasteiger partial charge in [-0.2, -0.15) is 13.2 Å². The van der Waals surface area contributed by atoms with E-state index in [-0.39, 0.29) is 11.9 Å². The summed E-state index contributed by atoms with van der Waals surface area (Å²) in [5.74, 6) is -0.0598. The van der Waals surface area contributed by atoms with Gasteiger partial charge < -0.3 is 9.47 Å². The monoisotopic (exact) mass is 327 g/mol. The number of rotatable bonds is 3. The molecule has 0 bridgehead atoms. The lowest BCUT2D eigenvalue weighted by molar-refractivity contribution is -0.139. The predicted molar refractivity (Wildman–Crippen MR) is 81.2 cm³/mol. The van der Waals surface area contributed by atoms with Gasteiger partial charge in [-0.25, -0.2) is 0 Å². The summed E-state index contributed by atoms with van der Waals surface area (Å²) in [6.07, 6.45) is 4.98. The lowest BCUT2D eigenvalue weighted by atomic mass is 10.0. The van der Waals surface area contributed by atoms with Gasteiger partial charge >= 0.3 is 6.18 Å². The zero-order valence-electron chi connectivity index (χ0n) is 12.8. The van der Waals surface area contributed by atoms with E-state index in [1.54, 1.807) is 6.07 Å². The fourth-order valence-electron chi connectivity index (χ4n) is 2.78. The highest BCUT2D eigenvalue weighted by Crippen LogP contribution is 2.37. The Hall–Kier alpha value is -1.71. The molecule has 126 valence electrons. The average molecular weight is 327 g/mol. The molecule has 23 heavy (non-hydrogen) atoms. The number of para-hydroxylation sites is 1. The summed E-state index contributed by atoms with van der Waals surface area (Å²) in [5.41, 5.74) is -0.695.